The van der Waals surface area contributed by atoms with Crippen molar-refractivity contribution >= 4 is 5.97 Å². The Labute approximate surface area is 116 Å². The summed E-state index contributed by atoms with van der Waals surface area (Å²) in [5.41, 5.74) is 0.982. The molecular formula is C16H25NO2. The van der Waals surface area contributed by atoms with E-state index in [1.807, 2.05) is 45.9 Å². The van der Waals surface area contributed by atoms with Gasteiger partial charge in [0.2, 0.25) is 0 Å². The molecular weight excluding hydrogens is 238 g/mol. The number of hydrogen-bond donors (Lipinski definition) is 1. The highest BCUT2D eigenvalue weighted by Gasteiger charge is 2.33. The summed E-state index contributed by atoms with van der Waals surface area (Å²) in [6, 6.07) is 9.90. The quantitative estimate of drug-likeness (QED) is 0.828. The lowest BCUT2D eigenvalue weighted by Gasteiger charge is -2.32. The van der Waals surface area contributed by atoms with Crippen molar-refractivity contribution in [2.75, 3.05) is 6.61 Å². The van der Waals surface area contributed by atoms with Crippen molar-refractivity contribution in [3.05, 3.63) is 35.9 Å². The first-order valence-corrected chi connectivity index (χ1v) is 6.84. The summed E-state index contributed by atoms with van der Waals surface area (Å²) in [6.45, 7) is 10.4. The van der Waals surface area contributed by atoms with Crippen LogP contribution < -0.4 is 5.32 Å². The van der Waals surface area contributed by atoms with Gasteiger partial charge >= 0.3 is 5.97 Å². The molecule has 0 radical (unpaired) electrons. The second-order valence-corrected chi connectivity index (χ2v) is 5.85. The molecule has 1 aromatic carbocycles. The first kappa shape index (κ1) is 15.7. The van der Waals surface area contributed by atoms with Crippen LogP contribution in [0.1, 0.15) is 46.2 Å². The van der Waals surface area contributed by atoms with Crippen LogP contribution in [-0.2, 0) is 9.53 Å². The average molecular weight is 263 g/mol. The van der Waals surface area contributed by atoms with Crippen LogP contribution in [0.4, 0.5) is 0 Å². The molecule has 0 heterocycles. The van der Waals surface area contributed by atoms with Gasteiger partial charge in [0.1, 0.15) is 6.04 Å². The topological polar surface area (TPSA) is 38.3 Å². The van der Waals surface area contributed by atoms with Crippen LogP contribution in [-0.4, -0.2) is 18.6 Å². The zero-order valence-electron chi connectivity index (χ0n) is 12.6. The molecule has 106 valence electrons. The SMILES string of the molecule is CCOC(=O)[C@H](N[C@H](C)c1ccccc1)C(C)(C)C. The first-order chi connectivity index (χ1) is 8.86. The van der Waals surface area contributed by atoms with E-state index in [1.54, 1.807) is 0 Å². The molecule has 1 N–H and O–H groups in total. The van der Waals surface area contributed by atoms with Crippen LogP contribution in [0.25, 0.3) is 0 Å². The van der Waals surface area contributed by atoms with Crippen LogP contribution in [0.5, 0.6) is 0 Å². The molecule has 1 rings (SSSR count). The summed E-state index contributed by atoms with van der Waals surface area (Å²) in [7, 11) is 0. The summed E-state index contributed by atoms with van der Waals surface area (Å²) < 4.78 is 5.17. The number of esters is 1. The highest BCUT2D eigenvalue weighted by atomic mass is 16.5. The van der Waals surface area contributed by atoms with Gasteiger partial charge in [-0.15, -0.1) is 0 Å². The van der Waals surface area contributed by atoms with E-state index in [4.69, 9.17) is 4.74 Å². The maximum atomic E-state index is 12.1. The first-order valence-electron chi connectivity index (χ1n) is 6.84. The predicted octanol–water partition coefficient (Wildman–Crippen LogP) is 3.32. The number of carbonyl (C=O) groups is 1. The molecule has 0 saturated heterocycles. The molecule has 1 aromatic rings. The van der Waals surface area contributed by atoms with E-state index in [0.717, 1.165) is 0 Å². The van der Waals surface area contributed by atoms with Crippen LogP contribution in [0.3, 0.4) is 0 Å². The zero-order chi connectivity index (χ0) is 14.5. The van der Waals surface area contributed by atoms with E-state index in [9.17, 15) is 4.79 Å². The fourth-order valence-electron chi connectivity index (χ4n) is 1.99. The van der Waals surface area contributed by atoms with Crippen LogP contribution in [0.2, 0.25) is 0 Å². The third-order valence-corrected chi connectivity index (χ3v) is 3.10. The fourth-order valence-corrected chi connectivity index (χ4v) is 1.99. The summed E-state index contributed by atoms with van der Waals surface area (Å²) in [4.78, 5) is 12.1. The van der Waals surface area contributed by atoms with Gasteiger partial charge in [-0.05, 0) is 24.8 Å². The molecule has 0 aliphatic carbocycles. The molecule has 0 fully saturated rings. The van der Waals surface area contributed by atoms with Crippen LogP contribution in [0, 0.1) is 5.41 Å². The molecule has 0 saturated carbocycles. The Morgan fingerprint density at radius 2 is 1.84 bits per heavy atom. The van der Waals surface area contributed by atoms with E-state index in [0.29, 0.717) is 6.61 Å². The van der Waals surface area contributed by atoms with Gasteiger partial charge in [0.05, 0.1) is 6.61 Å². The van der Waals surface area contributed by atoms with Gasteiger partial charge in [-0.3, -0.25) is 10.1 Å². The molecule has 0 aliphatic rings. The Bertz CT molecular complexity index is 395. The Morgan fingerprint density at radius 1 is 1.26 bits per heavy atom. The van der Waals surface area contributed by atoms with Crippen LogP contribution >= 0.6 is 0 Å². The number of rotatable bonds is 5. The average Bonchev–Trinajstić information content (AvgIpc) is 2.35. The van der Waals surface area contributed by atoms with Gasteiger partial charge in [0.25, 0.3) is 0 Å². The highest BCUT2D eigenvalue weighted by Crippen LogP contribution is 2.24. The number of carbonyl (C=O) groups excluding carboxylic acids is 1. The van der Waals surface area contributed by atoms with E-state index in [2.05, 4.69) is 24.4 Å². The van der Waals surface area contributed by atoms with E-state index >= 15 is 0 Å². The van der Waals surface area contributed by atoms with E-state index < -0.39 is 0 Å². The highest BCUT2D eigenvalue weighted by molar-refractivity contribution is 5.76. The molecule has 19 heavy (non-hydrogen) atoms. The second kappa shape index (κ2) is 6.71. The Kier molecular flexibility index (Phi) is 5.55. The van der Waals surface area contributed by atoms with Gasteiger partial charge < -0.3 is 4.74 Å². The minimum Gasteiger partial charge on any atom is -0.465 e. The van der Waals surface area contributed by atoms with Crippen molar-refractivity contribution in [1.29, 1.82) is 0 Å². The van der Waals surface area contributed by atoms with E-state index in [-0.39, 0.29) is 23.5 Å². The monoisotopic (exact) mass is 263 g/mol. The maximum absolute atomic E-state index is 12.1. The summed E-state index contributed by atoms with van der Waals surface area (Å²) >= 11 is 0. The zero-order valence-corrected chi connectivity index (χ0v) is 12.6. The molecule has 3 nitrogen and oxygen atoms in total. The Hall–Kier alpha value is -1.35. The lowest BCUT2D eigenvalue weighted by Crippen LogP contribution is -2.48. The molecule has 0 unspecified atom stereocenters. The number of benzene rings is 1. The van der Waals surface area contributed by atoms with Gasteiger partial charge in [0.15, 0.2) is 0 Å². The summed E-state index contributed by atoms with van der Waals surface area (Å²) in [6.07, 6.45) is 0. The minimum absolute atomic E-state index is 0.106. The normalized spacial score (nSPS) is 14.8. The molecule has 0 aliphatic heterocycles. The molecule has 2 atom stereocenters. The second-order valence-electron chi connectivity index (χ2n) is 5.85. The Morgan fingerprint density at radius 3 is 2.32 bits per heavy atom. The molecule has 0 aromatic heterocycles. The number of nitrogens with one attached hydrogen (secondary N) is 1. The third kappa shape index (κ3) is 4.67. The van der Waals surface area contributed by atoms with Crippen molar-refractivity contribution in [3.63, 3.8) is 0 Å². The fraction of sp³-hybridized carbons (Fsp3) is 0.562. The van der Waals surface area contributed by atoms with Crippen molar-refractivity contribution in [1.82, 2.24) is 5.32 Å². The van der Waals surface area contributed by atoms with Crippen molar-refractivity contribution < 1.29 is 9.53 Å². The molecule has 0 amide bonds. The van der Waals surface area contributed by atoms with Crippen LogP contribution in [0.15, 0.2) is 30.3 Å². The summed E-state index contributed by atoms with van der Waals surface area (Å²) in [5.74, 6) is -0.183. The standard InChI is InChI=1S/C16H25NO2/c1-6-19-15(18)14(16(3,4)5)17-12(2)13-10-8-7-9-11-13/h7-12,14,17H,6H2,1-5H3/t12-,14+/m1/s1. The third-order valence-electron chi connectivity index (χ3n) is 3.10. The van der Waals surface area contributed by atoms with Gasteiger partial charge in [-0.2, -0.15) is 0 Å². The predicted molar refractivity (Wildman–Crippen MR) is 77.9 cm³/mol. The summed E-state index contributed by atoms with van der Waals surface area (Å²) in [5, 5.41) is 3.38. The van der Waals surface area contributed by atoms with Gasteiger partial charge in [-0.25, -0.2) is 0 Å². The maximum Gasteiger partial charge on any atom is 0.323 e. The smallest absolute Gasteiger partial charge is 0.323 e. The molecule has 3 heteroatoms. The van der Waals surface area contributed by atoms with Gasteiger partial charge in [-0.1, -0.05) is 51.1 Å². The lowest BCUT2D eigenvalue weighted by molar-refractivity contribution is -0.148. The Balaban J connectivity index is 2.81. The lowest BCUT2D eigenvalue weighted by atomic mass is 9.86. The van der Waals surface area contributed by atoms with Crippen molar-refractivity contribution in [2.45, 2.75) is 46.7 Å². The number of ether oxygens (including phenoxy) is 1. The van der Waals surface area contributed by atoms with Crippen molar-refractivity contribution in [3.8, 4) is 0 Å². The number of hydrogen-bond acceptors (Lipinski definition) is 3. The van der Waals surface area contributed by atoms with Gasteiger partial charge in [0, 0.05) is 6.04 Å². The largest absolute Gasteiger partial charge is 0.465 e. The molecule has 0 spiro atoms. The van der Waals surface area contributed by atoms with E-state index in [1.165, 1.54) is 5.56 Å². The molecule has 0 bridgehead atoms. The van der Waals surface area contributed by atoms with Crippen molar-refractivity contribution in [2.24, 2.45) is 5.41 Å². The minimum atomic E-state index is -0.317.